The van der Waals surface area contributed by atoms with Gasteiger partial charge in [0.1, 0.15) is 12.1 Å². The summed E-state index contributed by atoms with van der Waals surface area (Å²) in [6.45, 7) is 4.44. The molecule has 73 heavy (non-hydrogen) atoms. The van der Waals surface area contributed by atoms with E-state index < -0.39 is 24.0 Å². The molecule has 0 aliphatic rings. The van der Waals surface area contributed by atoms with E-state index >= 15 is 0 Å². The van der Waals surface area contributed by atoms with Crippen LogP contribution in [-0.2, 0) is 49.8 Å². The number of carboxylic acid groups (broad SMARTS) is 1. The predicted molar refractivity (Wildman–Crippen MR) is 288 cm³/mol. The molecule has 2 amide bonds. The lowest BCUT2D eigenvalue weighted by Gasteiger charge is -2.29. The molecule has 10 nitrogen and oxygen atoms in total. The summed E-state index contributed by atoms with van der Waals surface area (Å²) < 4.78 is 5.14. The van der Waals surface area contributed by atoms with Gasteiger partial charge in [-0.25, -0.2) is 9.59 Å². The van der Waals surface area contributed by atoms with E-state index in [2.05, 4.69) is 9.97 Å². The van der Waals surface area contributed by atoms with Crippen molar-refractivity contribution < 1.29 is 29.0 Å². The topological polar surface area (TPSA) is 130 Å². The molecule has 1 N–H and O–H groups in total. The highest BCUT2D eigenvalue weighted by Crippen LogP contribution is 2.23. The molecular weight excluding hydrogens is 909 g/mol. The van der Waals surface area contributed by atoms with Crippen molar-refractivity contribution in [3.63, 3.8) is 0 Å². The normalized spacial score (nSPS) is 11.8. The first-order valence-electron chi connectivity index (χ1n) is 24.0. The SMILES string of the molecule is COC(=O)[C@H](Cc1ccccc1)N(Cc1ccc(-c2ccccn2)cc1)C(=O)/C=C/c1ccc(C)cc1.Cc1ccc(/C=C/C(=O)N(Cc2ccc(-c3ccccn3)cc2)[C@@H](Cc2ccccc2)C(=O)O)cc1. The molecule has 6 aromatic carbocycles. The number of benzene rings is 6. The van der Waals surface area contributed by atoms with E-state index in [-0.39, 0.29) is 31.3 Å². The van der Waals surface area contributed by atoms with Crippen LogP contribution in [0.4, 0.5) is 0 Å². The molecule has 8 rings (SSSR count). The molecule has 8 aromatic rings. The minimum absolute atomic E-state index is 0.170. The van der Waals surface area contributed by atoms with Crippen molar-refractivity contribution in [3.05, 3.63) is 263 Å². The third-order valence-electron chi connectivity index (χ3n) is 12.1. The van der Waals surface area contributed by atoms with Gasteiger partial charge in [-0.3, -0.25) is 19.6 Å². The van der Waals surface area contributed by atoms with E-state index in [1.54, 1.807) is 29.4 Å². The van der Waals surface area contributed by atoms with Crippen LogP contribution in [0.1, 0.15) is 44.5 Å². The maximum Gasteiger partial charge on any atom is 0.328 e. The van der Waals surface area contributed by atoms with Gasteiger partial charge in [0.2, 0.25) is 11.8 Å². The lowest BCUT2D eigenvalue weighted by atomic mass is 10.0. The number of rotatable bonds is 18. The first-order valence-corrected chi connectivity index (χ1v) is 24.0. The van der Waals surface area contributed by atoms with E-state index in [0.29, 0.717) is 6.42 Å². The minimum atomic E-state index is -1.04. The number of amides is 2. The summed E-state index contributed by atoms with van der Waals surface area (Å²) in [6, 6.07) is 60.1. The second-order valence-electron chi connectivity index (χ2n) is 17.5. The summed E-state index contributed by atoms with van der Waals surface area (Å²) in [4.78, 5) is 64.0. The Morgan fingerprint density at radius 1 is 0.479 bits per heavy atom. The van der Waals surface area contributed by atoms with Crippen molar-refractivity contribution >= 4 is 35.9 Å². The zero-order chi connectivity index (χ0) is 51.4. The average molecular weight is 967 g/mol. The number of aromatic nitrogens is 2. The number of methoxy groups -OCH3 is 1. The van der Waals surface area contributed by atoms with Crippen LogP contribution in [0.25, 0.3) is 34.7 Å². The fourth-order valence-corrected chi connectivity index (χ4v) is 8.05. The molecule has 0 fully saturated rings. The number of ether oxygens (including phenoxy) is 1. The molecular formula is C63H58N4O6. The van der Waals surface area contributed by atoms with E-state index in [4.69, 9.17) is 4.74 Å². The second-order valence-corrected chi connectivity index (χ2v) is 17.5. The highest BCUT2D eigenvalue weighted by molar-refractivity contribution is 5.95. The molecule has 0 radical (unpaired) electrons. The van der Waals surface area contributed by atoms with Crippen LogP contribution in [0.3, 0.4) is 0 Å². The van der Waals surface area contributed by atoms with Crippen LogP contribution in [0.15, 0.2) is 219 Å². The quantitative estimate of drug-likeness (QED) is 0.0665. The maximum absolute atomic E-state index is 13.5. The number of aliphatic carboxylic acids is 1. The molecule has 0 aliphatic carbocycles. The highest BCUT2D eigenvalue weighted by Gasteiger charge is 2.31. The van der Waals surface area contributed by atoms with Gasteiger partial charge in [0.05, 0.1) is 18.5 Å². The Labute approximate surface area is 427 Å². The van der Waals surface area contributed by atoms with Crippen LogP contribution in [-0.4, -0.2) is 67.8 Å². The van der Waals surface area contributed by atoms with E-state index in [0.717, 1.165) is 67.0 Å². The molecule has 0 saturated carbocycles. The zero-order valence-electron chi connectivity index (χ0n) is 41.2. The summed E-state index contributed by atoms with van der Waals surface area (Å²) in [6.07, 6.45) is 10.5. The van der Waals surface area contributed by atoms with E-state index in [1.165, 1.54) is 24.2 Å². The molecule has 0 bridgehead atoms. The smallest absolute Gasteiger partial charge is 0.328 e. The van der Waals surface area contributed by atoms with Crippen molar-refractivity contribution in [2.45, 2.75) is 51.9 Å². The Morgan fingerprint density at radius 2 is 0.863 bits per heavy atom. The molecule has 0 unspecified atom stereocenters. The second kappa shape index (κ2) is 26.3. The number of nitrogens with zero attached hydrogens (tertiary/aromatic N) is 4. The van der Waals surface area contributed by atoms with E-state index in [9.17, 15) is 24.3 Å². The van der Waals surface area contributed by atoms with Crippen LogP contribution in [0, 0.1) is 13.8 Å². The van der Waals surface area contributed by atoms with Crippen LogP contribution < -0.4 is 0 Å². The minimum Gasteiger partial charge on any atom is -0.480 e. The number of aryl methyl sites for hydroxylation is 2. The van der Waals surface area contributed by atoms with Gasteiger partial charge in [0.15, 0.2) is 0 Å². The Bertz CT molecular complexity index is 3070. The first-order chi connectivity index (χ1) is 35.5. The molecule has 0 aliphatic heterocycles. The number of hydrogen-bond donors (Lipinski definition) is 1. The largest absolute Gasteiger partial charge is 0.480 e. The summed E-state index contributed by atoms with van der Waals surface area (Å²) in [7, 11) is 1.35. The van der Waals surface area contributed by atoms with Gasteiger partial charge in [-0.1, -0.05) is 181 Å². The standard InChI is InChI=1S/C32H30N2O3.C31H28N2O3/c1-24-11-13-25(14-12-24)17-20-31(35)34(30(32(36)37-2)22-26-8-4-3-5-9-26)23-27-15-18-28(19-16-27)29-10-6-7-21-33-29;1-23-10-12-24(13-11-23)16-19-30(34)33(29(31(35)36)21-25-7-3-2-4-8-25)22-26-14-17-27(18-15-26)28-9-5-6-20-32-28/h3-21,30H,22-23H2,1-2H3;2-20,29H,21-22H2,1H3,(H,35,36)/b20-17+;19-16+/t30-;29-/m00/s1. The first kappa shape index (κ1) is 51.8. The Morgan fingerprint density at radius 3 is 1.23 bits per heavy atom. The van der Waals surface area contributed by atoms with Crippen molar-refractivity contribution in [1.82, 2.24) is 19.8 Å². The Kier molecular flexibility index (Phi) is 18.6. The third-order valence-corrected chi connectivity index (χ3v) is 12.1. The van der Waals surface area contributed by atoms with Gasteiger partial charge in [-0.05, 0) is 83.6 Å². The van der Waals surface area contributed by atoms with E-state index in [1.807, 2.05) is 208 Å². The number of pyridine rings is 2. The van der Waals surface area contributed by atoms with Gasteiger partial charge in [-0.15, -0.1) is 0 Å². The molecule has 0 spiro atoms. The number of carbonyl (C=O) groups is 4. The Hall–Kier alpha value is -9.02. The molecule has 366 valence electrons. The van der Waals surface area contributed by atoms with Gasteiger partial charge < -0.3 is 19.6 Å². The summed E-state index contributed by atoms with van der Waals surface area (Å²) in [5.41, 5.74) is 11.3. The van der Waals surface area contributed by atoms with Gasteiger partial charge in [-0.2, -0.15) is 0 Å². The highest BCUT2D eigenvalue weighted by atomic mass is 16.5. The third kappa shape index (κ3) is 15.5. The lowest BCUT2D eigenvalue weighted by molar-refractivity contribution is -0.151. The van der Waals surface area contributed by atoms with Crippen molar-refractivity contribution in [1.29, 1.82) is 0 Å². The van der Waals surface area contributed by atoms with Crippen LogP contribution in [0.5, 0.6) is 0 Å². The van der Waals surface area contributed by atoms with Gasteiger partial charge in [0.25, 0.3) is 0 Å². The monoisotopic (exact) mass is 966 g/mol. The molecule has 2 aromatic heterocycles. The van der Waals surface area contributed by atoms with Gasteiger partial charge >= 0.3 is 11.9 Å². The zero-order valence-corrected chi connectivity index (χ0v) is 41.2. The number of hydrogen-bond acceptors (Lipinski definition) is 7. The van der Waals surface area contributed by atoms with Crippen LogP contribution >= 0.6 is 0 Å². The molecule has 2 heterocycles. The molecule has 10 heteroatoms. The Balaban J connectivity index is 0.000000214. The van der Waals surface area contributed by atoms with Crippen molar-refractivity contribution in [3.8, 4) is 22.5 Å². The summed E-state index contributed by atoms with van der Waals surface area (Å²) in [5, 5.41) is 10.1. The predicted octanol–water partition coefficient (Wildman–Crippen LogP) is 11.7. The van der Waals surface area contributed by atoms with Crippen LogP contribution in [0.2, 0.25) is 0 Å². The number of esters is 1. The van der Waals surface area contributed by atoms with Crippen molar-refractivity contribution in [2.24, 2.45) is 0 Å². The molecule has 2 atom stereocenters. The number of carboxylic acids is 1. The lowest BCUT2D eigenvalue weighted by Crippen LogP contribution is -2.46. The molecule has 0 saturated heterocycles. The van der Waals surface area contributed by atoms with Gasteiger partial charge in [0, 0.05) is 61.6 Å². The maximum atomic E-state index is 13.5. The fourth-order valence-electron chi connectivity index (χ4n) is 8.05. The number of carbonyl (C=O) groups excluding carboxylic acids is 3. The fraction of sp³-hybridized carbons (Fsp3) is 0.143. The van der Waals surface area contributed by atoms with Crippen molar-refractivity contribution in [2.75, 3.05) is 7.11 Å². The summed E-state index contributed by atoms with van der Waals surface area (Å²) >= 11 is 0. The average Bonchev–Trinajstić information content (AvgIpc) is 3.43. The summed E-state index contributed by atoms with van der Waals surface area (Å²) in [5.74, 6) is -2.11.